The molecule has 1 heteroatoms. The largest absolute Gasteiger partial charge is 0.115 e. The molecule has 0 spiro atoms. The summed E-state index contributed by atoms with van der Waals surface area (Å²) in [4.78, 5) is 0. The number of hydrogen-bond donors (Lipinski definition) is 0. The van der Waals surface area contributed by atoms with Gasteiger partial charge < -0.3 is 0 Å². The quantitative estimate of drug-likeness (QED) is 0.439. The molecule has 0 aromatic heterocycles. The number of hydrogen-bond acceptors (Lipinski definition) is 0. The van der Waals surface area contributed by atoms with Crippen LogP contribution in [-0.4, -0.2) is 8.07 Å². The van der Waals surface area contributed by atoms with E-state index in [9.17, 15) is 0 Å². The van der Waals surface area contributed by atoms with Crippen LogP contribution in [0.15, 0.2) is 60.7 Å². The maximum Gasteiger partial charge on any atom is 0.115 e. The average Bonchev–Trinajstić information content (AvgIpc) is 2.59. The minimum atomic E-state index is -1.57. The number of unbranched alkanes of at least 4 members (excludes halogenated alkanes) is 5. The average molecular weight is 311 g/mol. The van der Waals surface area contributed by atoms with E-state index in [1.807, 2.05) is 0 Å². The van der Waals surface area contributed by atoms with Crippen LogP contribution in [0.1, 0.15) is 45.4 Å². The fourth-order valence-electron chi connectivity index (χ4n) is 3.33. The van der Waals surface area contributed by atoms with Gasteiger partial charge in [0.2, 0.25) is 0 Å². The fourth-order valence-corrected chi connectivity index (χ4v) is 7.05. The maximum absolute atomic E-state index is 2.55. The van der Waals surface area contributed by atoms with Crippen LogP contribution in [0.2, 0.25) is 12.6 Å². The van der Waals surface area contributed by atoms with Crippen molar-refractivity contribution in [2.45, 2.75) is 58.0 Å². The summed E-state index contributed by atoms with van der Waals surface area (Å²) in [5.74, 6) is 0. The monoisotopic (exact) mass is 310 g/mol. The molecular formula is C21H30Si. The fraction of sp³-hybridized carbons (Fsp3) is 0.429. The standard InChI is InChI=1S/C21H30Si/c1-3-4-5-6-7-14-19-22(2,20-15-10-8-11-16-20)21-17-12-9-13-18-21/h8-13,15-18H,3-7,14,19H2,1-2H3. The van der Waals surface area contributed by atoms with E-state index in [2.05, 4.69) is 74.1 Å². The van der Waals surface area contributed by atoms with Crippen LogP contribution in [0.5, 0.6) is 0 Å². The molecule has 0 aliphatic heterocycles. The summed E-state index contributed by atoms with van der Waals surface area (Å²) in [7, 11) is -1.57. The first-order valence-corrected chi connectivity index (χ1v) is 11.6. The van der Waals surface area contributed by atoms with Crippen LogP contribution in [0, 0.1) is 0 Å². The zero-order valence-electron chi connectivity index (χ0n) is 14.2. The van der Waals surface area contributed by atoms with Crippen molar-refractivity contribution in [2.75, 3.05) is 0 Å². The van der Waals surface area contributed by atoms with Gasteiger partial charge in [-0.25, -0.2) is 0 Å². The second-order valence-electron chi connectivity index (χ2n) is 6.58. The lowest BCUT2D eigenvalue weighted by Gasteiger charge is -2.29. The van der Waals surface area contributed by atoms with Crippen LogP contribution in [0.4, 0.5) is 0 Å². The molecule has 0 atom stereocenters. The molecular weight excluding hydrogens is 280 g/mol. The van der Waals surface area contributed by atoms with Gasteiger partial charge in [-0.1, -0.05) is 123 Å². The summed E-state index contributed by atoms with van der Waals surface area (Å²) < 4.78 is 0. The molecule has 2 aromatic carbocycles. The molecule has 0 nitrogen and oxygen atoms in total. The Bertz CT molecular complexity index is 479. The van der Waals surface area contributed by atoms with Gasteiger partial charge in [-0.3, -0.25) is 0 Å². The number of benzene rings is 2. The summed E-state index contributed by atoms with van der Waals surface area (Å²) in [5.41, 5.74) is 0. The van der Waals surface area contributed by atoms with Crippen LogP contribution in [-0.2, 0) is 0 Å². The van der Waals surface area contributed by atoms with E-state index in [1.54, 1.807) is 10.4 Å². The van der Waals surface area contributed by atoms with E-state index >= 15 is 0 Å². The molecule has 0 fully saturated rings. The highest BCUT2D eigenvalue weighted by Gasteiger charge is 2.30. The van der Waals surface area contributed by atoms with Crippen LogP contribution < -0.4 is 10.4 Å². The molecule has 118 valence electrons. The molecule has 0 bridgehead atoms. The second-order valence-corrected chi connectivity index (χ2v) is 10.9. The third-order valence-corrected chi connectivity index (χ3v) is 9.42. The van der Waals surface area contributed by atoms with Gasteiger partial charge in [0.15, 0.2) is 0 Å². The molecule has 0 amide bonds. The van der Waals surface area contributed by atoms with Gasteiger partial charge in [0.1, 0.15) is 8.07 Å². The van der Waals surface area contributed by atoms with Gasteiger partial charge in [0.05, 0.1) is 0 Å². The molecule has 0 aliphatic carbocycles. The first-order valence-electron chi connectivity index (χ1n) is 8.88. The van der Waals surface area contributed by atoms with Crippen molar-refractivity contribution >= 4 is 18.4 Å². The molecule has 0 unspecified atom stereocenters. The number of rotatable bonds is 9. The summed E-state index contributed by atoms with van der Waals surface area (Å²) in [6.45, 7) is 4.83. The zero-order valence-corrected chi connectivity index (χ0v) is 15.2. The van der Waals surface area contributed by atoms with Crippen LogP contribution in [0.25, 0.3) is 0 Å². The third kappa shape index (κ3) is 4.57. The lowest BCUT2D eigenvalue weighted by molar-refractivity contribution is 0.623. The van der Waals surface area contributed by atoms with Gasteiger partial charge in [0, 0.05) is 0 Å². The molecule has 0 saturated heterocycles. The summed E-state index contributed by atoms with van der Waals surface area (Å²) in [6, 6.07) is 23.8. The van der Waals surface area contributed by atoms with Gasteiger partial charge >= 0.3 is 0 Å². The first-order chi connectivity index (χ1) is 10.8. The Labute approximate surface area is 137 Å². The Hall–Kier alpha value is -1.34. The lowest BCUT2D eigenvalue weighted by Crippen LogP contribution is -2.55. The predicted molar refractivity (Wildman–Crippen MR) is 102 cm³/mol. The van der Waals surface area contributed by atoms with Crippen LogP contribution in [0.3, 0.4) is 0 Å². The highest BCUT2D eigenvalue weighted by molar-refractivity contribution is 7.01. The van der Waals surface area contributed by atoms with Gasteiger partial charge in [-0.2, -0.15) is 0 Å². The zero-order chi connectivity index (χ0) is 15.7. The summed E-state index contributed by atoms with van der Waals surface area (Å²) >= 11 is 0. The normalized spacial score (nSPS) is 11.5. The second kappa shape index (κ2) is 8.95. The van der Waals surface area contributed by atoms with Crippen molar-refractivity contribution < 1.29 is 0 Å². The topological polar surface area (TPSA) is 0 Å². The van der Waals surface area contributed by atoms with Gasteiger partial charge in [-0.15, -0.1) is 0 Å². The van der Waals surface area contributed by atoms with Crippen molar-refractivity contribution in [3.63, 3.8) is 0 Å². The van der Waals surface area contributed by atoms with E-state index < -0.39 is 8.07 Å². The SMILES string of the molecule is CCCCCCCC[Si](C)(c1ccccc1)c1ccccc1. The smallest absolute Gasteiger partial charge is 0.0654 e. The van der Waals surface area contributed by atoms with Gasteiger partial charge in [0.25, 0.3) is 0 Å². The third-order valence-electron chi connectivity index (χ3n) is 4.85. The van der Waals surface area contributed by atoms with E-state index in [-0.39, 0.29) is 0 Å². The molecule has 0 radical (unpaired) electrons. The van der Waals surface area contributed by atoms with Crippen molar-refractivity contribution in [3.8, 4) is 0 Å². The predicted octanol–water partition coefficient (Wildman–Crippen LogP) is 5.24. The Morgan fingerprint density at radius 3 is 1.59 bits per heavy atom. The molecule has 0 N–H and O–H groups in total. The summed E-state index contributed by atoms with van der Waals surface area (Å²) in [6.07, 6.45) is 8.30. The van der Waals surface area contributed by atoms with Crippen molar-refractivity contribution in [3.05, 3.63) is 60.7 Å². The lowest BCUT2D eigenvalue weighted by atomic mass is 10.1. The van der Waals surface area contributed by atoms with E-state index in [0.29, 0.717) is 0 Å². The molecule has 22 heavy (non-hydrogen) atoms. The minimum Gasteiger partial charge on any atom is -0.0654 e. The minimum absolute atomic E-state index is 1.33. The Kier molecular flexibility index (Phi) is 6.92. The maximum atomic E-state index is 2.55. The highest BCUT2D eigenvalue weighted by Crippen LogP contribution is 2.17. The van der Waals surface area contributed by atoms with Crippen molar-refractivity contribution in [1.82, 2.24) is 0 Å². The first kappa shape index (κ1) is 17.0. The molecule has 2 rings (SSSR count). The Balaban J connectivity index is 2.07. The molecule has 0 saturated carbocycles. The summed E-state index contributed by atoms with van der Waals surface area (Å²) in [5, 5.41) is 3.16. The van der Waals surface area contributed by atoms with E-state index in [0.717, 1.165) is 0 Å². The highest BCUT2D eigenvalue weighted by atomic mass is 28.3. The van der Waals surface area contributed by atoms with Crippen molar-refractivity contribution in [2.24, 2.45) is 0 Å². The Morgan fingerprint density at radius 2 is 1.09 bits per heavy atom. The molecule has 0 heterocycles. The van der Waals surface area contributed by atoms with Crippen molar-refractivity contribution in [1.29, 1.82) is 0 Å². The Morgan fingerprint density at radius 1 is 0.636 bits per heavy atom. The molecule has 0 aliphatic rings. The van der Waals surface area contributed by atoms with E-state index in [1.165, 1.54) is 44.6 Å². The van der Waals surface area contributed by atoms with E-state index in [4.69, 9.17) is 0 Å². The van der Waals surface area contributed by atoms with Crippen LogP contribution >= 0.6 is 0 Å². The molecule has 2 aromatic rings. The van der Waals surface area contributed by atoms with Gasteiger partial charge in [-0.05, 0) is 6.04 Å².